The molecule has 1 aliphatic rings. The molecule has 1 aliphatic heterocycles. The van der Waals surface area contributed by atoms with Crippen molar-refractivity contribution in [2.45, 2.75) is 32.4 Å². The molecule has 0 aromatic carbocycles. The van der Waals surface area contributed by atoms with Crippen LogP contribution in [0, 0.1) is 5.92 Å². The maximum Gasteiger partial charge on any atom is 0.225 e. The standard InChI is InChI=1S/C14H20N2O3/c1-10-12(6-4-8-19-10)13(17)16-9-11-5-3-7-15-14(11)18-2/h3,5,7,10,12H,4,6,8-9H2,1-2H3,(H,16,17)/t10-,12-/m1/s1. The summed E-state index contributed by atoms with van der Waals surface area (Å²) >= 11 is 0. The molecule has 0 bridgehead atoms. The number of pyridine rings is 1. The van der Waals surface area contributed by atoms with Gasteiger partial charge in [-0.3, -0.25) is 4.79 Å². The fraction of sp³-hybridized carbons (Fsp3) is 0.571. The summed E-state index contributed by atoms with van der Waals surface area (Å²) in [4.78, 5) is 16.2. The molecule has 1 saturated heterocycles. The van der Waals surface area contributed by atoms with Gasteiger partial charge in [0.25, 0.3) is 0 Å². The highest BCUT2D eigenvalue weighted by Crippen LogP contribution is 2.21. The van der Waals surface area contributed by atoms with E-state index in [0.29, 0.717) is 12.4 Å². The van der Waals surface area contributed by atoms with Crippen LogP contribution in [0.3, 0.4) is 0 Å². The van der Waals surface area contributed by atoms with Crippen LogP contribution in [0.15, 0.2) is 18.3 Å². The molecule has 0 spiro atoms. The van der Waals surface area contributed by atoms with Gasteiger partial charge >= 0.3 is 0 Å². The second kappa shape index (κ2) is 6.52. The van der Waals surface area contributed by atoms with Gasteiger partial charge in [-0.15, -0.1) is 0 Å². The predicted molar refractivity (Wildman–Crippen MR) is 70.8 cm³/mol. The van der Waals surface area contributed by atoms with Crippen molar-refractivity contribution in [2.24, 2.45) is 5.92 Å². The second-order valence-electron chi connectivity index (χ2n) is 4.71. The lowest BCUT2D eigenvalue weighted by atomic mass is 9.94. The van der Waals surface area contributed by atoms with Gasteiger partial charge in [0.1, 0.15) is 0 Å². The Morgan fingerprint density at radius 1 is 1.63 bits per heavy atom. The second-order valence-corrected chi connectivity index (χ2v) is 4.71. The van der Waals surface area contributed by atoms with Crippen molar-refractivity contribution in [2.75, 3.05) is 13.7 Å². The van der Waals surface area contributed by atoms with E-state index in [0.717, 1.165) is 25.0 Å². The van der Waals surface area contributed by atoms with Gasteiger partial charge in [0.05, 0.1) is 19.1 Å². The Bertz CT molecular complexity index is 436. The molecule has 1 fully saturated rings. The third-order valence-corrected chi connectivity index (χ3v) is 3.44. The monoisotopic (exact) mass is 264 g/mol. The number of carbonyl (C=O) groups is 1. The van der Waals surface area contributed by atoms with Gasteiger partial charge in [-0.25, -0.2) is 4.98 Å². The highest BCUT2D eigenvalue weighted by Gasteiger charge is 2.28. The zero-order valence-corrected chi connectivity index (χ0v) is 11.4. The molecule has 1 aromatic heterocycles. The number of ether oxygens (including phenoxy) is 2. The smallest absolute Gasteiger partial charge is 0.225 e. The van der Waals surface area contributed by atoms with E-state index in [9.17, 15) is 4.79 Å². The maximum atomic E-state index is 12.1. The van der Waals surface area contributed by atoms with E-state index >= 15 is 0 Å². The normalized spacial score (nSPS) is 22.8. The predicted octanol–water partition coefficient (Wildman–Crippen LogP) is 1.52. The molecule has 19 heavy (non-hydrogen) atoms. The third kappa shape index (κ3) is 3.44. The molecule has 1 N–H and O–H groups in total. The van der Waals surface area contributed by atoms with Crippen LogP contribution in [0.1, 0.15) is 25.3 Å². The Hall–Kier alpha value is -1.62. The first-order chi connectivity index (χ1) is 9.22. The summed E-state index contributed by atoms with van der Waals surface area (Å²) in [5, 5.41) is 2.93. The number of carbonyl (C=O) groups excluding carboxylic acids is 1. The largest absolute Gasteiger partial charge is 0.481 e. The molecule has 2 atom stereocenters. The quantitative estimate of drug-likeness (QED) is 0.895. The van der Waals surface area contributed by atoms with Crippen molar-refractivity contribution in [1.82, 2.24) is 10.3 Å². The number of amides is 1. The van der Waals surface area contributed by atoms with Crippen molar-refractivity contribution in [3.05, 3.63) is 23.9 Å². The number of hydrogen-bond acceptors (Lipinski definition) is 4. The van der Waals surface area contributed by atoms with Crippen LogP contribution in [0.5, 0.6) is 5.88 Å². The minimum absolute atomic E-state index is 0.00968. The lowest BCUT2D eigenvalue weighted by Crippen LogP contribution is -2.39. The summed E-state index contributed by atoms with van der Waals surface area (Å²) in [5.41, 5.74) is 0.878. The molecule has 0 unspecified atom stereocenters. The van der Waals surface area contributed by atoms with E-state index in [2.05, 4.69) is 10.3 Å². The molecule has 5 nitrogen and oxygen atoms in total. The number of aromatic nitrogens is 1. The van der Waals surface area contributed by atoms with Crippen molar-refractivity contribution in [1.29, 1.82) is 0 Å². The first-order valence-corrected chi connectivity index (χ1v) is 6.59. The first kappa shape index (κ1) is 13.8. The fourth-order valence-corrected chi connectivity index (χ4v) is 2.32. The maximum absolute atomic E-state index is 12.1. The lowest BCUT2D eigenvalue weighted by molar-refractivity contribution is -0.133. The lowest BCUT2D eigenvalue weighted by Gasteiger charge is -2.28. The van der Waals surface area contributed by atoms with Gasteiger partial charge in [0, 0.05) is 24.9 Å². The Morgan fingerprint density at radius 2 is 2.47 bits per heavy atom. The Labute approximate surface area is 113 Å². The van der Waals surface area contributed by atoms with Crippen molar-refractivity contribution in [3.8, 4) is 5.88 Å². The summed E-state index contributed by atoms with van der Waals surface area (Å²) in [6.07, 6.45) is 3.49. The molecule has 2 heterocycles. The van der Waals surface area contributed by atoms with Crippen molar-refractivity contribution in [3.63, 3.8) is 0 Å². The van der Waals surface area contributed by atoms with Gasteiger partial charge in [-0.05, 0) is 25.8 Å². The highest BCUT2D eigenvalue weighted by molar-refractivity contribution is 5.79. The van der Waals surface area contributed by atoms with Crippen LogP contribution in [0.4, 0.5) is 0 Å². The molecule has 0 saturated carbocycles. The zero-order valence-electron chi connectivity index (χ0n) is 11.4. The molecule has 0 aliphatic carbocycles. The fourth-order valence-electron chi connectivity index (χ4n) is 2.32. The van der Waals surface area contributed by atoms with Crippen LogP contribution in [0.25, 0.3) is 0 Å². The van der Waals surface area contributed by atoms with Gasteiger partial charge in [0.15, 0.2) is 0 Å². The minimum atomic E-state index is -0.0589. The number of nitrogens with zero attached hydrogens (tertiary/aromatic N) is 1. The summed E-state index contributed by atoms with van der Waals surface area (Å²) in [7, 11) is 1.57. The molecular weight excluding hydrogens is 244 g/mol. The average Bonchev–Trinajstić information content (AvgIpc) is 2.45. The first-order valence-electron chi connectivity index (χ1n) is 6.59. The van der Waals surface area contributed by atoms with E-state index in [4.69, 9.17) is 9.47 Å². The van der Waals surface area contributed by atoms with Gasteiger partial charge < -0.3 is 14.8 Å². The third-order valence-electron chi connectivity index (χ3n) is 3.44. The van der Waals surface area contributed by atoms with Gasteiger partial charge in [-0.1, -0.05) is 6.07 Å². The van der Waals surface area contributed by atoms with E-state index < -0.39 is 0 Å². The van der Waals surface area contributed by atoms with Crippen molar-refractivity contribution < 1.29 is 14.3 Å². The molecule has 5 heteroatoms. The van der Waals surface area contributed by atoms with E-state index in [1.165, 1.54) is 0 Å². The summed E-state index contributed by atoms with van der Waals surface area (Å²) in [6, 6.07) is 3.73. The molecule has 1 aromatic rings. The minimum Gasteiger partial charge on any atom is -0.481 e. The summed E-state index contributed by atoms with van der Waals surface area (Å²) in [6.45, 7) is 3.13. The van der Waals surface area contributed by atoms with Gasteiger partial charge in [0.2, 0.25) is 11.8 Å². The Morgan fingerprint density at radius 3 is 3.21 bits per heavy atom. The summed E-state index contributed by atoms with van der Waals surface area (Å²) in [5.74, 6) is 0.533. The van der Waals surface area contributed by atoms with Gasteiger partial charge in [-0.2, -0.15) is 0 Å². The molecule has 1 amide bonds. The number of hydrogen-bond donors (Lipinski definition) is 1. The number of methoxy groups -OCH3 is 1. The molecule has 104 valence electrons. The van der Waals surface area contributed by atoms with Crippen LogP contribution >= 0.6 is 0 Å². The Kier molecular flexibility index (Phi) is 4.74. The SMILES string of the molecule is COc1ncccc1CNC(=O)[C@@H]1CCCO[C@@H]1C. The van der Waals surface area contributed by atoms with E-state index in [1.807, 2.05) is 19.1 Å². The number of nitrogens with one attached hydrogen (secondary N) is 1. The van der Waals surface area contributed by atoms with Crippen LogP contribution in [-0.4, -0.2) is 30.7 Å². The topological polar surface area (TPSA) is 60.5 Å². The van der Waals surface area contributed by atoms with E-state index in [-0.39, 0.29) is 17.9 Å². The van der Waals surface area contributed by atoms with Crippen LogP contribution < -0.4 is 10.1 Å². The van der Waals surface area contributed by atoms with E-state index in [1.54, 1.807) is 13.3 Å². The zero-order chi connectivity index (χ0) is 13.7. The Balaban J connectivity index is 1.92. The highest BCUT2D eigenvalue weighted by atomic mass is 16.5. The molecule has 0 radical (unpaired) electrons. The number of rotatable bonds is 4. The average molecular weight is 264 g/mol. The van der Waals surface area contributed by atoms with Crippen molar-refractivity contribution >= 4 is 5.91 Å². The molecular formula is C14H20N2O3. The molecule has 2 rings (SSSR count). The van der Waals surface area contributed by atoms with Crippen LogP contribution in [0.2, 0.25) is 0 Å². The summed E-state index contributed by atoms with van der Waals surface area (Å²) < 4.78 is 10.7. The van der Waals surface area contributed by atoms with Crippen LogP contribution in [-0.2, 0) is 16.1 Å².